The van der Waals surface area contributed by atoms with Gasteiger partial charge in [0.15, 0.2) is 9.84 Å². The van der Waals surface area contributed by atoms with Crippen LogP contribution in [0.1, 0.15) is 6.42 Å². The smallest absolute Gasteiger partial charge is 0.227 e. The number of para-hydroxylation sites is 1. The van der Waals surface area contributed by atoms with Crippen LogP contribution in [0.25, 0.3) is 21.9 Å². The van der Waals surface area contributed by atoms with Crippen molar-refractivity contribution in [1.29, 1.82) is 0 Å². The zero-order valence-corrected chi connectivity index (χ0v) is 15.0. The average Bonchev–Trinajstić information content (AvgIpc) is 3.19. The van der Waals surface area contributed by atoms with Crippen molar-refractivity contribution in [3.05, 3.63) is 36.4 Å². The highest BCUT2D eigenvalue weighted by Crippen LogP contribution is 2.44. The molecule has 7 heteroatoms. The van der Waals surface area contributed by atoms with Crippen molar-refractivity contribution in [2.24, 2.45) is 5.92 Å². The first kappa shape index (κ1) is 15.7. The molecule has 26 heavy (non-hydrogen) atoms. The van der Waals surface area contributed by atoms with Gasteiger partial charge in [-0.1, -0.05) is 18.2 Å². The number of carbonyl (C=O) groups is 1. The number of methoxy groups -OCH3 is 1. The number of nitrogens with zero attached hydrogens (tertiary/aromatic N) is 1. The molecule has 0 radical (unpaired) electrons. The minimum absolute atomic E-state index is 0.00469. The van der Waals surface area contributed by atoms with Crippen molar-refractivity contribution in [2.45, 2.75) is 12.5 Å². The number of rotatable bonds is 2. The Labute approximate surface area is 150 Å². The van der Waals surface area contributed by atoms with E-state index in [0.29, 0.717) is 17.0 Å². The molecule has 0 saturated carbocycles. The second-order valence-electron chi connectivity index (χ2n) is 6.99. The van der Waals surface area contributed by atoms with Crippen molar-refractivity contribution >= 4 is 43.4 Å². The number of sulfone groups is 1. The number of hydrogen-bond acceptors (Lipinski definition) is 5. The molecular formula is C19H17NO5S. The van der Waals surface area contributed by atoms with Crippen LogP contribution in [0.2, 0.25) is 0 Å². The lowest BCUT2D eigenvalue weighted by atomic mass is 10.0. The number of carbonyl (C=O) groups excluding carboxylic acids is 1. The SMILES string of the molecule is COc1cc2c(cc1N1C(=O)C[C@@H]3CS(=O)(=O)C[C@H]31)oc1ccccc12. The van der Waals surface area contributed by atoms with Crippen LogP contribution in [0.3, 0.4) is 0 Å². The molecule has 2 atom stereocenters. The second-order valence-corrected chi connectivity index (χ2v) is 9.14. The van der Waals surface area contributed by atoms with Crippen molar-refractivity contribution in [2.75, 3.05) is 23.5 Å². The van der Waals surface area contributed by atoms with Crippen LogP contribution in [0.4, 0.5) is 5.69 Å². The fourth-order valence-corrected chi connectivity index (χ4v) is 6.36. The molecule has 2 aromatic carbocycles. The lowest BCUT2D eigenvalue weighted by Gasteiger charge is -2.25. The summed E-state index contributed by atoms with van der Waals surface area (Å²) in [5.74, 6) is 0.411. The van der Waals surface area contributed by atoms with Crippen molar-refractivity contribution in [3.8, 4) is 5.75 Å². The number of benzene rings is 2. The van der Waals surface area contributed by atoms with E-state index in [-0.39, 0.29) is 35.8 Å². The topological polar surface area (TPSA) is 76.8 Å². The van der Waals surface area contributed by atoms with Gasteiger partial charge in [-0.2, -0.15) is 0 Å². The van der Waals surface area contributed by atoms with Gasteiger partial charge in [0, 0.05) is 29.2 Å². The van der Waals surface area contributed by atoms with Crippen LogP contribution in [-0.2, 0) is 14.6 Å². The summed E-state index contributed by atoms with van der Waals surface area (Å²) in [5.41, 5.74) is 1.99. The highest BCUT2D eigenvalue weighted by Gasteiger charge is 2.50. The summed E-state index contributed by atoms with van der Waals surface area (Å²) in [6.45, 7) is 0. The van der Waals surface area contributed by atoms with E-state index in [2.05, 4.69) is 0 Å². The molecule has 0 bridgehead atoms. The Morgan fingerprint density at radius 2 is 1.92 bits per heavy atom. The van der Waals surface area contributed by atoms with E-state index >= 15 is 0 Å². The Hall–Kier alpha value is -2.54. The fourth-order valence-electron chi connectivity index (χ4n) is 4.29. The number of hydrogen-bond donors (Lipinski definition) is 0. The van der Waals surface area contributed by atoms with Crippen LogP contribution < -0.4 is 9.64 Å². The molecule has 0 spiro atoms. The van der Waals surface area contributed by atoms with Gasteiger partial charge in [0.25, 0.3) is 0 Å². The molecule has 0 N–H and O–H groups in total. The Morgan fingerprint density at radius 1 is 1.12 bits per heavy atom. The molecule has 2 fully saturated rings. The van der Waals surface area contributed by atoms with Gasteiger partial charge >= 0.3 is 0 Å². The summed E-state index contributed by atoms with van der Waals surface area (Å²) in [5, 5.41) is 1.88. The molecule has 5 rings (SSSR count). The van der Waals surface area contributed by atoms with Crippen molar-refractivity contribution in [1.82, 2.24) is 0 Å². The average molecular weight is 371 g/mol. The van der Waals surface area contributed by atoms with E-state index in [9.17, 15) is 13.2 Å². The predicted octanol–water partition coefficient (Wildman–Crippen LogP) is 2.74. The van der Waals surface area contributed by atoms with E-state index in [1.165, 1.54) is 0 Å². The summed E-state index contributed by atoms with van der Waals surface area (Å²) < 4.78 is 35.5. The monoisotopic (exact) mass is 371 g/mol. The maximum absolute atomic E-state index is 12.6. The highest BCUT2D eigenvalue weighted by atomic mass is 32.2. The molecule has 0 unspecified atom stereocenters. The lowest BCUT2D eigenvalue weighted by molar-refractivity contribution is -0.117. The third kappa shape index (κ3) is 2.16. The summed E-state index contributed by atoms with van der Waals surface area (Å²) in [7, 11) is -1.56. The molecule has 134 valence electrons. The quantitative estimate of drug-likeness (QED) is 0.692. The van der Waals surface area contributed by atoms with E-state index in [1.54, 1.807) is 18.1 Å². The van der Waals surface area contributed by atoms with E-state index in [4.69, 9.17) is 9.15 Å². The van der Waals surface area contributed by atoms with Crippen LogP contribution in [0, 0.1) is 5.92 Å². The summed E-state index contributed by atoms with van der Waals surface area (Å²) in [6.07, 6.45) is 0.255. The summed E-state index contributed by atoms with van der Waals surface area (Å²) >= 11 is 0. The standard InChI is InChI=1S/C19H17NO5S/c1-24-18-7-13-12-4-2-3-5-16(12)25-17(13)8-14(18)20-15-10-26(22,23)9-11(15)6-19(20)21/h2-5,7-8,11,15H,6,9-10H2,1H3/t11-,15-/m1/s1. The molecule has 3 heterocycles. The first-order chi connectivity index (χ1) is 12.5. The molecule has 1 amide bonds. The van der Waals surface area contributed by atoms with Gasteiger partial charge < -0.3 is 14.1 Å². The lowest BCUT2D eigenvalue weighted by Crippen LogP contribution is -2.36. The normalized spacial score (nSPS) is 24.5. The zero-order chi connectivity index (χ0) is 18.1. The fraction of sp³-hybridized carbons (Fsp3) is 0.316. The van der Waals surface area contributed by atoms with Gasteiger partial charge in [-0.3, -0.25) is 4.79 Å². The number of furan rings is 1. The van der Waals surface area contributed by atoms with Gasteiger partial charge in [-0.05, 0) is 12.1 Å². The zero-order valence-electron chi connectivity index (χ0n) is 14.1. The molecule has 6 nitrogen and oxygen atoms in total. The number of amides is 1. The van der Waals surface area contributed by atoms with Gasteiger partial charge in [-0.15, -0.1) is 0 Å². The van der Waals surface area contributed by atoms with Crippen molar-refractivity contribution < 1.29 is 22.4 Å². The van der Waals surface area contributed by atoms with Gasteiger partial charge in [0.05, 0.1) is 30.3 Å². The van der Waals surface area contributed by atoms with Crippen LogP contribution in [-0.4, -0.2) is 39.0 Å². The Bertz CT molecular complexity index is 1160. The van der Waals surface area contributed by atoms with Crippen LogP contribution >= 0.6 is 0 Å². The van der Waals surface area contributed by atoms with Gasteiger partial charge in [0.2, 0.25) is 5.91 Å². The predicted molar refractivity (Wildman–Crippen MR) is 98.3 cm³/mol. The summed E-state index contributed by atoms with van der Waals surface area (Å²) in [6, 6.07) is 11.0. The second kappa shape index (κ2) is 5.23. The number of ether oxygens (including phenoxy) is 1. The molecule has 2 aliphatic rings. The Balaban J connectivity index is 1.70. The summed E-state index contributed by atoms with van der Waals surface area (Å²) in [4.78, 5) is 14.2. The minimum Gasteiger partial charge on any atom is -0.495 e. The Morgan fingerprint density at radius 3 is 2.73 bits per heavy atom. The minimum atomic E-state index is -3.11. The molecule has 1 aromatic heterocycles. The highest BCUT2D eigenvalue weighted by molar-refractivity contribution is 7.91. The Kier molecular flexibility index (Phi) is 3.16. The van der Waals surface area contributed by atoms with Crippen LogP contribution in [0.5, 0.6) is 5.75 Å². The molecule has 3 aromatic rings. The third-order valence-electron chi connectivity index (χ3n) is 5.41. The molecular weight excluding hydrogens is 354 g/mol. The largest absolute Gasteiger partial charge is 0.495 e. The van der Waals surface area contributed by atoms with Gasteiger partial charge in [-0.25, -0.2) is 8.42 Å². The first-order valence-electron chi connectivity index (χ1n) is 8.48. The number of anilines is 1. The van der Waals surface area contributed by atoms with E-state index in [0.717, 1.165) is 16.4 Å². The van der Waals surface area contributed by atoms with Gasteiger partial charge in [0.1, 0.15) is 16.9 Å². The maximum Gasteiger partial charge on any atom is 0.227 e. The van der Waals surface area contributed by atoms with Crippen molar-refractivity contribution in [3.63, 3.8) is 0 Å². The molecule has 0 aliphatic carbocycles. The van der Waals surface area contributed by atoms with Crippen LogP contribution in [0.15, 0.2) is 40.8 Å². The maximum atomic E-state index is 12.6. The van der Waals surface area contributed by atoms with E-state index in [1.807, 2.05) is 30.3 Å². The first-order valence-corrected chi connectivity index (χ1v) is 10.3. The number of fused-ring (bicyclic) bond motifs is 4. The molecule has 2 saturated heterocycles. The third-order valence-corrected chi connectivity index (χ3v) is 7.20. The van der Waals surface area contributed by atoms with E-state index < -0.39 is 9.84 Å². The molecule has 2 aliphatic heterocycles.